The van der Waals surface area contributed by atoms with Gasteiger partial charge in [-0.3, -0.25) is 19.0 Å². The number of nitrogens with zero attached hydrogens (tertiary/aromatic N) is 3. The number of rotatable bonds is 6. The van der Waals surface area contributed by atoms with Crippen LogP contribution >= 0.6 is 23.2 Å². The minimum atomic E-state index is -0.761. The van der Waals surface area contributed by atoms with Gasteiger partial charge in [0.25, 0.3) is 11.8 Å². The summed E-state index contributed by atoms with van der Waals surface area (Å²) >= 11 is 11.8. The Bertz CT molecular complexity index is 1210. The Hall–Kier alpha value is -3.43. The third-order valence-corrected chi connectivity index (χ3v) is 4.82. The summed E-state index contributed by atoms with van der Waals surface area (Å²) in [5.41, 5.74) is 0.678. The molecule has 0 saturated heterocycles. The maximum absolute atomic E-state index is 12.2. The first-order valence-electron chi connectivity index (χ1n) is 8.86. The van der Waals surface area contributed by atoms with Gasteiger partial charge < -0.3 is 15.2 Å². The van der Waals surface area contributed by atoms with E-state index in [2.05, 4.69) is 20.3 Å². The highest BCUT2D eigenvalue weighted by Gasteiger charge is 2.19. The van der Waals surface area contributed by atoms with Gasteiger partial charge in [0.05, 0.1) is 23.2 Å². The molecule has 0 fully saturated rings. The summed E-state index contributed by atoms with van der Waals surface area (Å²) in [5.74, 6) is -2.26. The summed E-state index contributed by atoms with van der Waals surface area (Å²) in [4.78, 5) is 35.9. The van der Waals surface area contributed by atoms with Gasteiger partial charge in [0.15, 0.2) is 5.69 Å². The molecule has 160 valence electrons. The molecule has 0 unspecified atom stereocenters. The Kier molecular flexibility index (Phi) is 6.88. The Morgan fingerprint density at radius 3 is 2.61 bits per heavy atom. The second-order valence-corrected chi connectivity index (χ2v) is 7.10. The van der Waals surface area contributed by atoms with Crippen molar-refractivity contribution < 1.29 is 24.2 Å². The maximum atomic E-state index is 12.2. The number of halogens is 2. The van der Waals surface area contributed by atoms with Crippen molar-refractivity contribution >= 4 is 57.6 Å². The fourth-order valence-electron chi connectivity index (χ4n) is 2.79. The Morgan fingerprint density at radius 1 is 1.16 bits per heavy atom. The number of para-hydroxylation sites is 1. The minimum Gasteiger partial charge on any atom is -0.493 e. The zero-order valence-electron chi connectivity index (χ0n) is 16.1. The fourth-order valence-corrected chi connectivity index (χ4v) is 3.28. The molecule has 2 amide bonds. The van der Waals surface area contributed by atoms with E-state index in [0.29, 0.717) is 15.9 Å². The quantitative estimate of drug-likeness (QED) is 0.425. The summed E-state index contributed by atoms with van der Waals surface area (Å²) in [6.07, 6.45) is 0. The molecule has 9 nitrogen and oxygen atoms in total. The lowest BCUT2D eigenvalue weighted by atomic mass is 10.2. The van der Waals surface area contributed by atoms with Gasteiger partial charge in [0.1, 0.15) is 13.1 Å². The van der Waals surface area contributed by atoms with Gasteiger partial charge in [-0.1, -0.05) is 41.4 Å². The highest BCUT2D eigenvalue weighted by atomic mass is 35.5. The van der Waals surface area contributed by atoms with Gasteiger partial charge >= 0.3 is 5.97 Å². The zero-order valence-corrected chi connectivity index (χ0v) is 17.6. The van der Waals surface area contributed by atoms with Crippen molar-refractivity contribution in [1.29, 1.82) is 0 Å². The van der Waals surface area contributed by atoms with Crippen LogP contribution in [0, 0.1) is 0 Å². The molecule has 0 saturated carbocycles. The van der Waals surface area contributed by atoms with E-state index in [1.165, 1.54) is 29.9 Å². The summed E-state index contributed by atoms with van der Waals surface area (Å²) in [6.45, 7) is -0.687. The minimum absolute atomic E-state index is 0.0138. The molecule has 0 radical (unpaired) electrons. The average molecular weight is 463 g/mol. The number of ether oxygens (including phenoxy) is 1. The summed E-state index contributed by atoms with van der Waals surface area (Å²) in [7, 11) is 1.23. The molecule has 31 heavy (non-hydrogen) atoms. The van der Waals surface area contributed by atoms with Crippen molar-refractivity contribution in [3.8, 4) is 5.88 Å². The molecule has 1 heterocycles. The summed E-state index contributed by atoms with van der Waals surface area (Å²) < 4.78 is 5.93. The van der Waals surface area contributed by atoms with Gasteiger partial charge in [-0.15, -0.1) is 10.2 Å². The van der Waals surface area contributed by atoms with Crippen LogP contribution in [0.15, 0.2) is 52.7 Å². The molecule has 2 N–H and O–H groups in total. The van der Waals surface area contributed by atoms with Crippen LogP contribution in [0.4, 0.5) is 5.69 Å². The first kappa shape index (κ1) is 22.3. The fraction of sp³-hybridized carbons (Fsp3) is 0.150. The average Bonchev–Trinajstić information content (AvgIpc) is 3.01. The molecule has 3 rings (SSSR count). The number of amides is 2. The summed E-state index contributed by atoms with van der Waals surface area (Å²) in [5, 5.41) is 21.2. The smallest absolute Gasteiger partial charge is 0.325 e. The number of aromatic nitrogens is 1. The lowest BCUT2D eigenvalue weighted by molar-refractivity contribution is -0.141. The Labute approximate surface area is 186 Å². The van der Waals surface area contributed by atoms with E-state index in [1.807, 2.05) is 0 Å². The number of fused-ring (bicyclic) bond motifs is 1. The lowest BCUT2D eigenvalue weighted by Crippen LogP contribution is -2.28. The monoisotopic (exact) mass is 462 g/mol. The van der Waals surface area contributed by atoms with Crippen LogP contribution in [-0.4, -0.2) is 41.1 Å². The van der Waals surface area contributed by atoms with Gasteiger partial charge in [0, 0.05) is 10.4 Å². The molecular formula is C20H16Cl2N4O5. The normalized spacial score (nSPS) is 11.1. The third kappa shape index (κ3) is 5.01. The zero-order chi connectivity index (χ0) is 22.5. The topological polar surface area (TPSA) is 122 Å². The van der Waals surface area contributed by atoms with E-state index < -0.39 is 24.3 Å². The van der Waals surface area contributed by atoms with E-state index >= 15 is 0 Å². The molecule has 3 aromatic rings. The number of methoxy groups -OCH3 is 1. The largest absolute Gasteiger partial charge is 0.493 e. The number of benzene rings is 2. The maximum Gasteiger partial charge on any atom is 0.325 e. The van der Waals surface area contributed by atoms with E-state index in [4.69, 9.17) is 23.2 Å². The van der Waals surface area contributed by atoms with Gasteiger partial charge in [0.2, 0.25) is 5.88 Å². The van der Waals surface area contributed by atoms with E-state index in [9.17, 15) is 19.5 Å². The molecule has 0 aliphatic carbocycles. The van der Waals surface area contributed by atoms with Crippen LogP contribution in [0.3, 0.4) is 0 Å². The molecule has 0 atom stereocenters. The van der Waals surface area contributed by atoms with Crippen molar-refractivity contribution in [2.75, 3.05) is 13.7 Å². The van der Waals surface area contributed by atoms with Crippen molar-refractivity contribution in [1.82, 2.24) is 9.88 Å². The van der Waals surface area contributed by atoms with E-state index in [1.54, 1.807) is 24.3 Å². The van der Waals surface area contributed by atoms with Crippen LogP contribution in [0.25, 0.3) is 10.9 Å². The lowest BCUT2D eigenvalue weighted by Gasteiger charge is -2.05. The van der Waals surface area contributed by atoms with Crippen molar-refractivity contribution in [3.05, 3.63) is 58.1 Å². The Morgan fingerprint density at radius 2 is 1.90 bits per heavy atom. The molecular weight excluding hydrogens is 447 g/mol. The van der Waals surface area contributed by atoms with Crippen molar-refractivity contribution in [3.63, 3.8) is 0 Å². The number of azo groups is 1. The number of carbonyl (C=O) groups excluding carboxylic acids is 3. The molecule has 0 bridgehead atoms. The first-order chi connectivity index (χ1) is 14.8. The van der Waals surface area contributed by atoms with E-state index in [-0.39, 0.29) is 28.7 Å². The first-order valence-corrected chi connectivity index (χ1v) is 9.62. The third-order valence-electron chi connectivity index (χ3n) is 4.27. The van der Waals surface area contributed by atoms with E-state index in [0.717, 1.165) is 0 Å². The predicted octanol–water partition coefficient (Wildman–Crippen LogP) is 3.87. The van der Waals surface area contributed by atoms with Crippen molar-refractivity contribution in [2.24, 2.45) is 10.2 Å². The second-order valence-electron chi connectivity index (χ2n) is 6.25. The van der Waals surface area contributed by atoms with Gasteiger partial charge in [-0.2, -0.15) is 0 Å². The van der Waals surface area contributed by atoms with Gasteiger partial charge in [-0.05, 0) is 24.3 Å². The molecule has 0 aliphatic heterocycles. The number of nitrogens with one attached hydrogen (secondary N) is 1. The summed E-state index contributed by atoms with van der Waals surface area (Å²) in [6, 6.07) is 11.1. The number of hydrogen-bond donors (Lipinski definition) is 2. The number of carbonyl (C=O) groups is 3. The van der Waals surface area contributed by atoms with Crippen molar-refractivity contribution in [2.45, 2.75) is 6.54 Å². The standard InChI is InChI=1S/C20H16Cl2N4O5/c1-31-17(28)10-26-15-5-3-2-4-13(15)18(20(26)30)25-24-16(27)9-23-19(29)12-7-6-11(21)8-14(12)22/h2-8,30H,9-10H2,1H3,(H,23,29). The van der Waals surface area contributed by atoms with Crippen LogP contribution in [-0.2, 0) is 20.9 Å². The highest BCUT2D eigenvalue weighted by molar-refractivity contribution is 6.36. The van der Waals surface area contributed by atoms with Crippen LogP contribution < -0.4 is 5.32 Å². The van der Waals surface area contributed by atoms with Crippen LogP contribution in [0.5, 0.6) is 5.88 Å². The number of hydrogen-bond acceptors (Lipinski definition) is 6. The molecule has 1 aromatic heterocycles. The predicted molar refractivity (Wildman–Crippen MR) is 114 cm³/mol. The Balaban J connectivity index is 1.75. The molecule has 0 aliphatic rings. The molecule has 0 spiro atoms. The molecule has 11 heteroatoms. The van der Waals surface area contributed by atoms with Crippen LogP contribution in [0.1, 0.15) is 10.4 Å². The highest BCUT2D eigenvalue weighted by Crippen LogP contribution is 2.38. The van der Waals surface area contributed by atoms with Gasteiger partial charge in [-0.25, -0.2) is 0 Å². The number of aromatic hydroxyl groups is 1. The SMILES string of the molecule is COC(=O)Cn1c(O)c(N=NC(=O)CNC(=O)c2ccc(Cl)cc2Cl)c2ccccc21. The second kappa shape index (κ2) is 9.59. The van der Waals surface area contributed by atoms with Crippen LogP contribution in [0.2, 0.25) is 10.0 Å². The molecule has 2 aromatic carbocycles. The number of esters is 1.